The van der Waals surface area contributed by atoms with Crippen molar-refractivity contribution in [3.63, 3.8) is 0 Å². The second kappa shape index (κ2) is 8.16. The van der Waals surface area contributed by atoms with Crippen molar-refractivity contribution in [3.05, 3.63) is 76.6 Å². The fourth-order valence-electron chi connectivity index (χ4n) is 3.06. The zero-order valence-electron chi connectivity index (χ0n) is 16.9. The number of fused-ring (bicyclic) bond motifs is 1. The van der Waals surface area contributed by atoms with Crippen LogP contribution in [0, 0.1) is 6.92 Å². The molecule has 0 aliphatic rings. The third kappa shape index (κ3) is 4.24. The van der Waals surface area contributed by atoms with E-state index in [1.807, 2.05) is 0 Å². The number of benzene rings is 2. The van der Waals surface area contributed by atoms with Gasteiger partial charge in [0.2, 0.25) is 0 Å². The lowest BCUT2D eigenvalue weighted by Gasteiger charge is -2.11. The lowest BCUT2D eigenvalue weighted by Crippen LogP contribution is -2.15. The number of aromatic nitrogens is 3. The van der Waals surface area contributed by atoms with Gasteiger partial charge < -0.3 is 10.1 Å². The molecule has 0 radical (unpaired) electrons. The zero-order chi connectivity index (χ0) is 23.0. The molecule has 2 heterocycles. The molecule has 6 nitrogen and oxygen atoms in total. The Morgan fingerprint density at radius 3 is 2.44 bits per heavy atom. The number of hydrogen-bond acceptors (Lipinski definition) is 4. The maximum atomic E-state index is 13.7. The number of ether oxygens (including phenoxy) is 1. The molecule has 1 amide bonds. The topological polar surface area (TPSA) is 68.5 Å². The van der Waals surface area contributed by atoms with Gasteiger partial charge in [-0.2, -0.15) is 18.3 Å². The van der Waals surface area contributed by atoms with Crippen LogP contribution >= 0.6 is 11.6 Å². The molecule has 0 spiro atoms. The summed E-state index contributed by atoms with van der Waals surface area (Å²) in [5.74, 6) is -0.125. The first-order valence-electron chi connectivity index (χ1n) is 9.35. The zero-order valence-corrected chi connectivity index (χ0v) is 17.6. The summed E-state index contributed by atoms with van der Waals surface area (Å²) in [5, 5.41) is 6.88. The summed E-state index contributed by atoms with van der Waals surface area (Å²) in [5.41, 5.74) is 0.382. The summed E-state index contributed by atoms with van der Waals surface area (Å²) in [4.78, 5) is 16.9. The smallest absolute Gasteiger partial charge is 0.433 e. The first kappa shape index (κ1) is 21.6. The minimum atomic E-state index is -4.72. The predicted molar refractivity (Wildman–Crippen MR) is 114 cm³/mol. The standard InChI is InChI=1S/C22H16ClF3N4O2/c1-12-3-6-14(9-16(12)23)27-21(31)18-11-20-28-17(13-4-7-15(32-2)8-5-13)10-19(22(24,25)26)30(20)29-18/h3-11H,1-2H3,(H,27,31). The molecule has 0 saturated carbocycles. The number of alkyl halides is 3. The van der Waals surface area contributed by atoms with E-state index in [0.717, 1.165) is 11.6 Å². The molecule has 0 aliphatic carbocycles. The molecular weight excluding hydrogens is 445 g/mol. The first-order chi connectivity index (χ1) is 15.2. The maximum absolute atomic E-state index is 13.7. The van der Waals surface area contributed by atoms with Crippen LogP contribution in [0.25, 0.3) is 16.9 Å². The largest absolute Gasteiger partial charge is 0.497 e. The highest BCUT2D eigenvalue weighted by Gasteiger charge is 2.35. The summed E-state index contributed by atoms with van der Waals surface area (Å²) >= 11 is 6.06. The van der Waals surface area contributed by atoms with E-state index in [-0.39, 0.29) is 17.0 Å². The van der Waals surface area contributed by atoms with Crippen molar-refractivity contribution in [3.8, 4) is 17.0 Å². The number of anilines is 1. The van der Waals surface area contributed by atoms with Gasteiger partial charge in [0.25, 0.3) is 5.91 Å². The minimum Gasteiger partial charge on any atom is -0.497 e. The van der Waals surface area contributed by atoms with Crippen LogP contribution in [0.2, 0.25) is 5.02 Å². The van der Waals surface area contributed by atoms with E-state index in [0.29, 0.717) is 26.5 Å². The number of amides is 1. The lowest BCUT2D eigenvalue weighted by molar-refractivity contribution is -0.142. The Hall–Kier alpha value is -3.59. The highest BCUT2D eigenvalue weighted by molar-refractivity contribution is 6.31. The van der Waals surface area contributed by atoms with E-state index < -0.39 is 17.8 Å². The van der Waals surface area contributed by atoms with Crippen molar-refractivity contribution in [1.82, 2.24) is 14.6 Å². The molecule has 0 fully saturated rings. The molecule has 0 unspecified atom stereocenters. The van der Waals surface area contributed by atoms with E-state index in [9.17, 15) is 18.0 Å². The Labute approximate surface area is 185 Å². The van der Waals surface area contributed by atoms with Crippen LogP contribution in [0.1, 0.15) is 21.7 Å². The van der Waals surface area contributed by atoms with E-state index in [1.165, 1.54) is 13.2 Å². The number of nitrogens with zero attached hydrogens (tertiary/aromatic N) is 3. The van der Waals surface area contributed by atoms with Crippen LogP contribution in [-0.2, 0) is 6.18 Å². The van der Waals surface area contributed by atoms with Crippen LogP contribution in [0.4, 0.5) is 18.9 Å². The van der Waals surface area contributed by atoms with Gasteiger partial charge in [0.1, 0.15) is 5.75 Å². The van der Waals surface area contributed by atoms with E-state index in [2.05, 4.69) is 15.4 Å². The second-order valence-electron chi connectivity index (χ2n) is 6.97. The minimum absolute atomic E-state index is 0.0876. The highest BCUT2D eigenvalue weighted by Crippen LogP contribution is 2.33. The summed E-state index contributed by atoms with van der Waals surface area (Å²) < 4.78 is 46.9. The molecule has 2 aromatic carbocycles. The Morgan fingerprint density at radius 1 is 1.09 bits per heavy atom. The summed E-state index contributed by atoms with van der Waals surface area (Å²) in [7, 11) is 1.49. The fourth-order valence-corrected chi connectivity index (χ4v) is 3.24. The van der Waals surface area contributed by atoms with Gasteiger partial charge in [-0.05, 0) is 55.0 Å². The van der Waals surface area contributed by atoms with Gasteiger partial charge in [0, 0.05) is 22.3 Å². The predicted octanol–water partition coefficient (Wildman–Crippen LogP) is 5.64. The normalized spacial score (nSPS) is 11.6. The summed E-state index contributed by atoms with van der Waals surface area (Å²) in [6.45, 7) is 1.81. The second-order valence-corrected chi connectivity index (χ2v) is 7.38. The molecule has 1 N–H and O–H groups in total. The van der Waals surface area contributed by atoms with Gasteiger partial charge in [0.15, 0.2) is 17.0 Å². The Morgan fingerprint density at radius 2 is 1.81 bits per heavy atom. The van der Waals surface area contributed by atoms with Gasteiger partial charge in [0.05, 0.1) is 12.8 Å². The van der Waals surface area contributed by atoms with Crippen molar-refractivity contribution < 1.29 is 22.7 Å². The van der Waals surface area contributed by atoms with Crippen molar-refractivity contribution in [2.45, 2.75) is 13.1 Å². The number of carbonyl (C=O) groups is 1. The van der Waals surface area contributed by atoms with E-state index >= 15 is 0 Å². The lowest BCUT2D eigenvalue weighted by atomic mass is 10.1. The summed E-state index contributed by atoms with van der Waals surface area (Å²) in [6.07, 6.45) is -4.72. The van der Waals surface area contributed by atoms with Crippen molar-refractivity contribution in [2.24, 2.45) is 0 Å². The number of methoxy groups -OCH3 is 1. The average molecular weight is 461 g/mol. The Bertz CT molecular complexity index is 1320. The van der Waals surface area contributed by atoms with Gasteiger partial charge in [-0.3, -0.25) is 4.79 Å². The van der Waals surface area contributed by atoms with Crippen LogP contribution in [0.3, 0.4) is 0 Å². The van der Waals surface area contributed by atoms with Crippen molar-refractivity contribution >= 4 is 28.8 Å². The van der Waals surface area contributed by atoms with E-state index in [1.54, 1.807) is 49.4 Å². The number of hydrogen-bond donors (Lipinski definition) is 1. The van der Waals surface area contributed by atoms with Gasteiger partial charge in [-0.25, -0.2) is 9.50 Å². The first-order valence-corrected chi connectivity index (χ1v) is 9.73. The maximum Gasteiger partial charge on any atom is 0.433 e. The summed E-state index contributed by atoms with van der Waals surface area (Å²) in [6, 6.07) is 13.4. The van der Waals surface area contributed by atoms with E-state index in [4.69, 9.17) is 16.3 Å². The number of nitrogens with one attached hydrogen (secondary N) is 1. The number of halogens is 4. The van der Waals surface area contributed by atoms with Crippen molar-refractivity contribution in [2.75, 3.05) is 12.4 Å². The average Bonchev–Trinajstić information content (AvgIpc) is 3.19. The Balaban J connectivity index is 1.75. The van der Waals surface area contributed by atoms with Gasteiger partial charge in [-0.1, -0.05) is 17.7 Å². The number of rotatable bonds is 4. The van der Waals surface area contributed by atoms with Gasteiger partial charge in [-0.15, -0.1) is 0 Å². The molecule has 0 atom stereocenters. The number of carbonyl (C=O) groups excluding carboxylic acids is 1. The number of aryl methyl sites for hydroxylation is 1. The monoisotopic (exact) mass is 460 g/mol. The van der Waals surface area contributed by atoms with Gasteiger partial charge >= 0.3 is 6.18 Å². The third-order valence-electron chi connectivity index (χ3n) is 4.77. The van der Waals surface area contributed by atoms with Crippen LogP contribution < -0.4 is 10.1 Å². The highest BCUT2D eigenvalue weighted by atomic mass is 35.5. The van der Waals surface area contributed by atoms with Crippen LogP contribution in [-0.4, -0.2) is 27.6 Å². The van der Waals surface area contributed by atoms with Crippen LogP contribution in [0.15, 0.2) is 54.6 Å². The SMILES string of the molecule is COc1ccc(-c2cc(C(F)(F)F)n3nc(C(=O)Nc4ccc(C)c(Cl)c4)cc3n2)cc1. The molecule has 0 aliphatic heterocycles. The molecule has 0 bridgehead atoms. The fraction of sp³-hybridized carbons (Fsp3) is 0.136. The molecule has 4 rings (SSSR count). The molecular formula is C22H16ClF3N4O2. The molecule has 10 heteroatoms. The molecule has 4 aromatic rings. The molecule has 2 aromatic heterocycles. The van der Waals surface area contributed by atoms with Crippen molar-refractivity contribution in [1.29, 1.82) is 0 Å². The Kier molecular flexibility index (Phi) is 5.52. The molecule has 32 heavy (non-hydrogen) atoms. The third-order valence-corrected chi connectivity index (χ3v) is 5.17. The molecule has 0 saturated heterocycles. The quantitative estimate of drug-likeness (QED) is 0.428. The molecule has 164 valence electrons. The van der Waals surface area contributed by atoms with Crippen LogP contribution in [0.5, 0.6) is 5.75 Å².